The Morgan fingerprint density at radius 1 is 0.958 bits per heavy atom. The number of phenolic OH excluding ortho intramolecular Hbond substituents is 3. The zero-order valence-corrected chi connectivity index (χ0v) is 12.1. The normalized spacial score (nSPS) is 12.2. The predicted molar refractivity (Wildman–Crippen MR) is 83.4 cm³/mol. The molecule has 0 amide bonds. The van der Waals surface area contributed by atoms with Crippen molar-refractivity contribution in [3.05, 3.63) is 64.0 Å². The number of aliphatic carboxylic acids is 1. The van der Waals surface area contributed by atoms with E-state index in [9.17, 15) is 30.0 Å². The summed E-state index contributed by atoms with van der Waals surface area (Å²) in [6, 6.07) is 8.61. The van der Waals surface area contributed by atoms with E-state index in [2.05, 4.69) is 0 Å². The van der Waals surface area contributed by atoms with E-state index < -0.39 is 28.8 Å². The Morgan fingerprint density at radius 2 is 1.58 bits per heavy atom. The van der Waals surface area contributed by atoms with Crippen molar-refractivity contribution in [3.8, 4) is 17.2 Å². The van der Waals surface area contributed by atoms with Crippen LogP contribution in [0, 0.1) is 0 Å². The van der Waals surface area contributed by atoms with Gasteiger partial charge in [-0.25, -0.2) is 0 Å². The molecule has 24 heavy (non-hydrogen) atoms. The molecular formula is C17H12O7. The second kappa shape index (κ2) is 5.62. The highest BCUT2D eigenvalue weighted by Gasteiger charge is 2.26. The van der Waals surface area contributed by atoms with E-state index in [1.54, 1.807) is 0 Å². The molecule has 0 aliphatic heterocycles. The highest BCUT2D eigenvalue weighted by Crippen LogP contribution is 2.32. The first-order valence-corrected chi connectivity index (χ1v) is 6.88. The Balaban J connectivity index is 2.22. The maximum Gasteiger partial charge on any atom is 0.318 e. The van der Waals surface area contributed by atoms with Gasteiger partial charge in [0.15, 0.2) is 16.9 Å². The molecule has 122 valence electrons. The Kier molecular flexibility index (Phi) is 3.61. The van der Waals surface area contributed by atoms with Crippen molar-refractivity contribution >= 4 is 16.9 Å². The molecule has 0 saturated carbocycles. The number of phenols is 3. The molecule has 0 aliphatic carbocycles. The zero-order chi connectivity index (χ0) is 17.4. The lowest BCUT2D eigenvalue weighted by molar-refractivity contribution is -0.138. The lowest BCUT2D eigenvalue weighted by Gasteiger charge is -2.13. The summed E-state index contributed by atoms with van der Waals surface area (Å²) in [6.07, 6.45) is 0. The molecule has 0 spiro atoms. The van der Waals surface area contributed by atoms with Gasteiger partial charge in [-0.05, 0) is 23.8 Å². The number of fused-ring (bicyclic) bond motifs is 1. The van der Waals surface area contributed by atoms with E-state index in [-0.39, 0.29) is 22.5 Å². The number of benzene rings is 2. The molecule has 7 nitrogen and oxygen atoms in total. The largest absolute Gasteiger partial charge is 0.508 e. The van der Waals surface area contributed by atoms with Gasteiger partial charge in [-0.1, -0.05) is 12.1 Å². The van der Waals surface area contributed by atoms with Crippen molar-refractivity contribution in [1.82, 2.24) is 0 Å². The van der Waals surface area contributed by atoms with Crippen LogP contribution in [0.4, 0.5) is 0 Å². The third kappa shape index (κ3) is 2.63. The summed E-state index contributed by atoms with van der Waals surface area (Å²) in [7, 11) is 0. The van der Waals surface area contributed by atoms with Crippen LogP contribution in [-0.2, 0) is 4.79 Å². The van der Waals surface area contributed by atoms with Crippen molar-refractivity contribution in [2.45, 2.75) is 5.92 Å². The van der Waals surface area contributed by atoms with Gasteiger partial charge in [-0.15, -0.1) is 0 Å². The molecular weight excluding hydrogens is 316 g/mol. The molecule has 0 aliphatic rings. The van der Waals surface area contributed by atoms with Crippen LogP contribution in [0.1, 0.15) is 17.2 Å². The minimum atomic E-state index is -1.27. The van der Waals surface area contributed by atoms with Gasteiger partial charge < -0.3 is 24.8 Å². The second-order valence-corrected chi connectivity index (χ2v) is 5.21. The third-order valence-electron chi connectivity index (χ3n) is 3.60. The van der Waals surface area contributed by atoms with Crippen LogP contribution in [0.25, 0.3) is 11.0 Å². The number of hydrogen-bond acceptors (Lipinski definition) is 6. The number of carbonyl (C=O) groups is 1. The molecule has 0 radical (unpaired) electrons. The Labute approximate surface area is 134 Å². The summed E-state index contributed by atoms with van der Waals surface area (Å²) in [5.41, 5.74) is -0.282. The summed E-state index contributed by atoms with van der Waals surface area (Å²) in [4.78, 5) is 23.8. The molecule has 2 aromatic carbocycles. The van der Waals surface area contributed by atoms with Crippen LogP contribution in [0.5, 0.6) is 17.2 Å². The van der Waals surface area contributed by atoms with E-state index >= 15 is 0 Å². The lowest BCUT2D eigenvalue weighted by Crippen LogP contribution is -2.15. The molecule has 1 atom stereocenters. The molecule has 3 aromatic rings. The summed E-state index contributed by atoms with van der Waals surface area (Å²) >= 11 is 0. The van der Waals surface area contributed by atoms with Crippen molar-refractivity contribution in [2.75, 3.05) is 0 Å². The van der Waals surface area contributed by atoms with Gasteiger partial charge in [0, 0.05) is 12.1 Å². The maximum atomic E-state index is 12.2. The van der Waals surface area contributed by atoms with Gasteiger partial charge in [0.1, 0.15) is 23.0 Å². The fourth-order valence-electron chi connectivity index (χ4n) is 2.44. The molecule has 1 aromatic heterocycles. The molecule has 0 bridgehead atoms. The third-order valence-corrected chi connectivity index (χ3v) is 3.60. The van der Waals surface area contributed by atoms with Crippen molar-refractivity contribution in [3.63, 3.8) is 0 Å². The molecule has 1 heterocycles. The lowest BCUT2D eigenvalue weighted by atomic mass is 9.96. The summed E-state index contributed by atoms with van der Waals surface area (Å²) in [5, 5.41) is 37.8. The van der Waals surface area contributed by atoms with E-state index in [0.717, 1.165) is 18.2 Å². The topological polar surface area (TPSA) is 128 Å². The maximum absolute atomic E-state index is 12.2. The second-order valence-electron chi connectivity index (χ2n) is 5.21. The summed E-state index contributed by atoms with van der Waals surface area (Å²) < 4.78 is 5.47. The Hall–Kier alpha value is -3.48. The Bertz CT molecular complexity index is 986. The Morgan fingerprint density at radius 3 is 2.21 bits per heavy atom. The molecule has 7 heteroatoms. The van der Waals surface area contributed by atoms with E-state index in [1.165, 1.54) is 24.3 Å². The summed E-state index contributed by atoms with van der Waals surface area (Å²) in [6.45, 7) is 0. The average Bonchev–Trinajstić information content (AvgIpc) is 2.51. The number of carboxylic acids is 1. The van der Waals surface area contributed by atoms with Gasteiger partial charge in [0.25, 0.3) is 0 Å². The minimum Gasteiger partial charge on any atom is -0.508 e. The zero-order valence-electron chi connectivity index (χ0n) is 12.1. The quantitative estimate of drug-likeness (QED) is 0.542. The monoisotopic (exact) mass is 328 g/mol. The molecule has 0 fully saturated rings. The highest BCUT2D eigenvalue weighted by atomic mass is 16.4. The van der Waals surface area contributed by atoms with Crippen molar-refractivity contribution in [2.24, 2.45) is 0 Å². The smallest absolute Gasteiger partial charge is 0.318 e. The van der Waals surface area contributed by atoms with Crippen LogP contribution in [0.3, 0.4) is 0 Å². The van der Waals surface area contributed by atoms with Crippen LogP contribution >= 0.6 is 0 Å². The molecule has 4 N–H and O–H groups in total. The minimum absolute atomic E-state index is 0.0175. The van der Waals surface area contributed by atoms with E-state index in [4.69, 9.17) is 4.42 Å². The van der Waals surface area contributed by atoms with Gasteiger partial charge in [-0.3, -0.25) is 9.59 Å². The number of hydrogen-bond donors (Lipinski definition) is 4. The van der Waals surface area contributed by atoms with Gasteiger partial charge in [0.2, 0.25) is 0 Å². The van der Waals surface area contributed by atoms with Crippen LogP contribution in [0.15, 0.2) is 51.7 Å². The first-order chi connectivity index (χ1) is 11.4. The van der Waals surface area contributed by atoms with Crippen LogP contribution in [-0.4, -0.2) is 26.4 Å². The fourth-order valence-corrected chi connectivity index (χ4v) is 2.44. The summed E-state index contributed by atoms with van der Waals surface area (Å²) in [5.74, 6) is -3.63. The first-order valence-electron chi connectivity index (χ1n) is 6.88. The first kappa shape index (κ1) is 15.4. The average molecular weight is 328 g/mol. The molecule has 1 unspecified atom stereocenters. The van der Waals surface area contributed by atoms with Gasteiger partial charge in [-0.2, -0.15) is 0 Å². The van der Waals surface area contributed by atoms with Gasteiger partial charge >= 0.3 is 5.97 Å². The molecule has 3 rings (SSSR count). The van der Waals surface area contributed by atoms with E-state index in [1.807, 2.05) is 0 Å². The van der Waals surface area contributed by atoms with Gasteiger partial charge in [0.05, 0.1) is 5.39 Å². The van der Waals surface area contributed by atoms with E-state index in [0.29, 0.717) is 5.56 Å². The highest BCUT2D eigenvalue weighted by molar-refractivity contribution is 5.83. The van der Waals surface area contributed by atoms with Crippen LogP contribution < -0.4 is 5.43 Å². The van der Waals surface area contributed by atoms with Crippen molar-refractivity contribution < 1.29 is 29.6 Å². The van der Waals surface area contributed by atoms with Crippen LogP contribution in [0.2, 0.25) is 0 Å². The van der Waals surface area contributed by atoms with Crippen molar-refractivity contribution in [1.29, 1.82) is 0 Å². The fraction of sp³-hybridized carbons (Fsp3) is 0.0588. The number of aromatic hydroxyl groups is 3. The number of rotatable bonds is 3. The SMILES string of the molecule is O=C(O)C(c1ccc(O)cc1)c1cc(=O)c2cc(O)c(O)cc2o1. The predicted octanol–water partition coefficient (Wildman–Crippen LogP) is 2.13. The molecule has 0 saturated heterocycles. The number of carboxylic acid groups (broad SMARTS) is 1. The standard InChI is InChI=1S/C17H12O7/c18-9-3-1-8(2-4-9)16(17(22)23)15-6-11(19)10-5-12(20)13(21)7-14(10)24-15/h1-7,16,18,20-21H,(H,22,23).